The molecule has 19 heavy (non-hydrogen) atoms. The molecule has 3 rings (SSSR count). The van der Waals surface area contributed by atoms with E-state index in [4.69, 9.17) is 5.73 Å². The van der Waals surface area contributed by atoms with Crippen molar-refractivity contribution in [2.24, 2.45) is 0 Å². The van der Waals surface area contributed by atoms with Gasteiger partial charge in [-0.15, -0.1) is 0 Å². The van der Waals surface area contributed by atoms with Gasteiger partial charge in [-0.2, -0.15) is 0 Å². The fraction of sp³-hybridized carbons (Fsp3) is 0.333. The van der Waals surface area contributed by atoms with Crippen molar-refractivity contribution in [1.82, 2.24) is 14.9 Å². The van der Waals surface area contributed by atoms with Crippen LogP contribution in [0.2, 0.25) is 0 Å². The van der Waals surface area contributed by atoms with Gasteiger partial charge in [0, 0.05) is 18.7 Å². The minimum Gasteiger partial charge on any atom is -0.383 e. The van der Waals surface area contributed by atoms with E-state index >= 15 is 0 Å². The Kier molecular flexibility index (Phi) is 3.17. The van der Waals surface area contributed by atoms with Gasteiger partial charge in [0.1, 0.15) is 12.1 Å². The molecule has 2 N–H and O–H groups in total. The normalized spacial score (nSPS) is 18.5. The predicted molar refractivity (Wildman–Crippen MR) is 75.2 cm³/mol. The molecule has 2 heterocycles. The molecular formula is C15H18N4. The Bertz CT molecular complexity index is 568. The summed E-state index contributed by atoms with van der Waals surface area (Å²) in [7, 11) is 0. The van der Waals surface area contributed by atoms with Crippen molar-refractivity contribution in [3.8, 4) is 0 Å². The van der Waals surface area contributed by atoms with Gasteiger partial charge in [0.15, 0.2) is 0 Å². The standard InChI is InChI=1S/C15H18N4/c1-2-13-14-12(15(16)18-10-17-14)9-19(13)8-11-6-4-3-5-7-11/h3-7,10,13H,2,8-9H2,1H3,(H2,16,17,18). The Morgan fingerprint density at radius 3 is 2.79 bits per heavy atom. The molecule has 4 heteroatoms. The highest BCUT2D eigenvalue weighted by molar-refractivity contribution is 5.45. The molecule has 98 valence electrons. The second kappa shape index (κ2) is 4.97. The van der Waals surface area contributed by atoms with Gasteiger partial charge in [0.2, 0.25) is 0 Å². The van der Waals surface area contributed by atoms with E-state index in [0.29, 0.717) is 11.9 Å². The van der Waals surface area contributed by atoms with Gasteiger partial charge in [-0.1, -0.05) is 37.3 Å². The summed E-state index contributed by atoms with van der Waals surface area (Å²) in [6.07, 6.45) is 2.61. The molecule has 0 saturated heterocycles. The van der Waals surface area contributed by atoms with Gasteiger partial charge in [-0.25, -0.2) is 9.97 Å². The van der Waals surface area contributed by atoms with Crippen LogP contribution in [0.3, 0.4) is 0 Å². The quantitative estimate of drug-likeness (QED) is 0.914. The van der Waals surface area contributed by atoms with Crippen LogP contribution in [0.1, 0.15) is 36.2 Å². The summed E-state index contributed by atoms with van der Waals surface area (Å²) in [6.45, 7) is 3.96. The first-order chi connectivity index (χ1) is 9.29. The summed E-state index contributed by atoms with van der Waals surface area (Å²) in [5.41, 5.74) is 9.49. The maximum atomic E-state index is 5.97. The van der Waals surface area contributed by atoms with Crippen molar-refractivity contribution < 1.29 is 0 Å². The number of anilines is 1. The zero-order valence-electron chi connectivity index (χ0n) is 11.1. The monoisotopic (exact) mass is 254 g/mol. The minimum absolute atomic E-state index is 0.348. The molecule has 1 aromatic heterocycles. The first kappa shape index (κ1) is 12.1. The lowest BCUT2D eigenvalue weighted by Gasteiger charge is -2.23. The van der Waals surface area contributed by atoms with Crippen molar-refractivity contribution in [3.63, 3.8) is 0 Å². The molecule has 4 nitrogen and oxygen atoms in total. The summed E-state index contributed by atoms with van der Waals surface area (Å²) >= 11 is 0. The Labute approximate surface area is 113 Å². The van der Waals surface area contributed by atoms with E-state index < -0.39 is 0 Å². The van der Waals surface area contributed by atoms with Gasteiger partial charge in [0.05, 0.1) is 11.7 Å². The number of nitrogens with zero attached hydrogens (tertiary/aromatic N) is 3. The van der Waals surface area contributed by atoms with Crippen LogP contribution in [-0.2, 0) is 13.1 Å². The van der Waals surface area contributed by atoms with Crippen molar-refractivity contribution in [1.29, 1.82) is 0 Å². The number of hydrogen-bond donors (Lipinski definition) is 1. The Morgan fingerprint density at radius 2 is 2.05 bits per heavy atom. The van der Waals surface area contributed by atoms with Crippen LogP contribution < -0.4 is 5.73 Å². The number of nitrogens with two attached hydrogens (primary N) is 1. The zero-order valence-corrected chi connectivity index (χ0v) is 11.1. The van der Waals surface area contributed by atoms with E-state index in [1.807, 2.05) is 6.07 Å². The average Bonchev–Trinajstić information content (AvgIpc) is 2.79. The van der Waals surface area contributed by atoms with E-state index in [2.05, 4.69) is 46.1 Å². The summed E-state index contributed by atoms with van der Waals surface area (Å²) in [6, 6.07) is 10.9. The largest absolute Gasteiger partial charge is 0.383 e. The number of fused-ring (bicyclic) bond motifs is 1. The zero-order chi connectivity index (χ0) is 13.2. The SMILES string of the molecule is CCC1c2ncnc(N)c2CN1Cc1ccccc1. The predicted octanol–water partition coefficient (Wildman–Crippen LogP) is 2.53. The van der Waals surface area contributed by atoms with Gasteiger partial charge in [-0.3, -0.25) is 4.90 Å². The molecule has 0 aliphatic carbocycles. The third-order valence-corrected chi connectivity index (χ3v) is 3.74. The van der Waals surface area contributed by atoms with E-state index in [1.54, 1.807) is 6.33 Å². The highest BCUT2D eigenvalue weighted by Crippen LogP contribution is 2.37. The van der Waals surface area contributed by atoms with Crippen LogP contribution >= 0.6 is 0 Å². The molecule has 1 unspecified atom stereocenters. The summed E-state index contributed by atoms with van der Waals surface area (Å²) < 4.78 is 0. The highest BCUT2D eigenvalue weighted by Gasteiger charge is 2.31. The van der Waals surface area contributed by atoms with Crippen LogP contribution in [0.25, 0.3) is 0 Å². The number of aromatic nitrogens is 2. The average molecular weight is 254 g/mol. The topological polar surface area (TPSA) is 55.0 Å². The van der Waals surface area contributed by atoms with Gasteiger partial charge in [0.25, 0.3) is 0 Å². The number of rotatable bonds is 3. The maximum absolute atomic E-state index is 5.97. The van der Waals surface area contributed by atoms with Crippen molar-refractivity contribution in [3.05, 3.63) is 53.5 Å². The van der Waals surface area contributed by atoms with E-state index in [1.165, 1.54) is 5.56 Å². The molecule has 0 amide bonds. The van der Waals surface area contributed by atoms with Crippen LogP contribution in [0.4, 0.5) is 5.82 Å². The molecule has 1 aliphatic rings. The molecule has 0 saturated carbocycles. The molecule has 2 aromatic rings. The molecule has 1 aliphatic heterocycles. The lowest BCUT2D eigenvalue weighted by Crippen LogP contribution is -2.21. The first-order valence-electron chi connectivity index (χ1n) is 6.66. The second-order valence-electron chi connectivity index (χ2n) is 4.94. The van der Waals surface area contributed by atoms with Gasteiger partial charge < -0.3 is 5.73 Å². The number of nitrogen functional groups attached to an aromatic ring is 1. The molecule has 0 radical (unpaired) electrons. The second-order valence-corrected chi connectivity index (χ2v) is 4.94. The van der Waals surface area contributed by atoms with E-state index in [-0.39, 0.29) is 0 Å². The molecule has 1 atom stereocenters. The third-order valence-electron chi connectivity index (χ3n) is 3.74. The van der Waals surface area contributed by atoms with Crippen LogP contribution in [0.15, 0.2) is 36.7 Å². The fourth-order valence-corrected chi connectivity index (χ4v) is 2.81. The highest BCUT2D eigenvalue weighted by atomic mass is 15.2. The molecule has 1 aromatic carbocycles. The fourth-order valence-electron chi connectivity index (χ4n) is 2.81. The molecular weight excluding hydrogens is 236 g/mol. The summed E-state index contributed by atoms with van der Waals surface area (Å²) in [5, 5.41) is 0. The maximum Gasteiger partial charge on any atom is 0.131 e. The van der Waals surface area contributed by atoms with Crippen LogP contribution in [0.5, 0.6) is 0 Å². The van der Waals surface area contributed by atoms with Crippen molar-refractivity contribution >= 4 is 5.82 Å². The molecule has 0 fully saturated rings. The lowest BCUT2D eigenvalue weighted by molar-refractivity contribution is 0.199. The third kappa shape index (κ3) is 2.19. The number of benzene rings is 1. The summed E-state index contributed by atoms with van der Waals surface area (Å²) in [5.74, 6) is 0.624. The molecule has 0 bridgehead atoms. The van der Waals surface area contributed by atoms with Crippen LogP contribution in [0, 0.1) is 0 Å². The van der Waals surface area contributed by atoms with Crippen molar-refractivity contribution in [2.75, 3.05) is 5.73 Å². The van der Waals surface area contributed by atoms with Crippen molar-refractivity contribution in [2.45, 2.75) is 32.5 Å². The van der Waals surface area contributed by atoms with Gasteiger partial charge in [-0.05, 0) is 12.0 Å². The minimum atomic E-state index is 0.348. The van der Waals surface area contributed by atoms with Crippen LogP contribution in [-0.4, -0.2) is 14.9 Å². The number of hydrogen-bond acceptors (Lipinski definition) is 4. The Balaban J connectivity index is 1.88. The molecule has 0 spiro atoms. The van der Waals surface area contributed by atoms with E-state index in [0.717, 1.165) is 30.8 Å². The Morgan fingerprint density at radius 1 is 1.26 bits per heavy atom. The van der Waals surface area contributed by atoms with Gasteiger partial charge >= 0.3 is 0 Å². The van der Waals surface area contributed by atoms with E-state index in [9.17, 15) is 0 Å². The first-order valence-corrected chi connectivity index (χ1v) is 6.66. The smallest absolute Gasteiger partial charge is 0.131 e. The lowest BCUT2D eigenvalue weighted by atomic mass is 10.1. The Hall–Kier alpha value is -1.94. The summed E-state index contributed by atoms with van der Waals surface area (Å²) in [4.78, 5) is 11.0.